The van der Waals surface area contributed by atoms with Crippen LogP contribution in [0, 0.1) is 0 Å². The highest BCUT2D eigenvalue weighted by Crippen LogP contribution is 2.55. The van der Waals surface area contributed by atoms with Crippen molar-refractivity contribution in [3.63, 3.8) is 0 Å². The fraction of sp³-hybridized carbons (Fsp3) is 0.200. The van der Waals surface area contributed by atoms with Gasteiger partial charge in [-0.1, -0.05) is 12.1 Å². The Labute approximate surface area is 158 Å². The Morgan fingerprint density at radius 3 is 2.93 bits per heavy atom. The van der Waals surface area contributed by atoms with E-state index in [2.05, 4.69) is 32.2 Å². The lowest BCUT2D eigenvalue weighted by molar-refractivity contribution is 0.414. The molecule has 0 amide bonds. The summed E-state index contributed by atoms with van der Waals surface area (Å²) < 4.78 is 7.01. The molecular formula is C20H17N5O3. The maximum absolute atomic E-state index is 12.2. The minimum Gasteiger partial charge on any atom is -0.497 e. The highest BCUT2D eigenvalue weighted by atomic mass is 16.5. The summed E-state index contributed by atoms with van der Waals surface area (Å²) in [5.41, 5.74) is 2.83. The molecule has 0 bridgehead atoms. The number of nitrogens with one attached hydrogen (secondary N) is 2. The predicted octanol–water partition coefficient (Wildman–Crippen LogP) is 2.05. The SMILES string of the molecule is COc1cccc([C@@H]2C[C@H]2c2cc(-c3c[nH]c(=O)[nH]c3=O)nn3ccnc23)c1. The summed E-state index contributed by atoms with van der Waals surface area (Å²) >= 11 is 0. The molecule has 3 aromatic heterocycles. The molecule has 28 heavy (non-hydrogen) atoms. The molecule has 5 rings (SSSR count). The van der Waals surface area contributed by atoms with Gasteiger partial charge in [0.15, 0.2) is 5.65 Å². The number of ether oxygens (including phenoxy) is 1. The van der Waals surface area contributed by atoms with E-state index in [1.807, 2.05) is 18.2 Å². The van der Waals surface area contributed by atoms with E-state index < -0.39 is 11.2 Å². The van der Waals surface area contributed by atoms with Crippen molar-refractivity contribution in [3.05, 3.63) is 80.9 Å². The van der Waals surface area contributed by atoms with Crippen LogP contribution in [-0.4, -0.2) is 31.7 Å². The third kappa shape index (κ3) is 2.70. The van der Waals surface area contributed by atoms with Crippen LogP contribution in [0.5, 0.6) is 5.75 Å². The molecule has 1 saturated carbocycles. The number of rotatable bonds is 4. The summed E-state index contributed by atoms with van der Waals surface area (Å²) in [6, 6.07) is 9.98. The van der Waals surface area contributed by atoms with Gasteiger partial charge in [-0.25, -0.2) is 14.3 Å². The van der Waals surface area contributed by atoms with Crippen molar-refractivity contribution >= 4 is 5.65 Å². The summed E-state index contributed by atoms with van der Waals surface area (Å²) in [5, 5.41) is 4.48. The van der Waals surface area contributed by atoms with E-state index in [1.165, 1.54) is 11.8 Å². The Hall–Kier alpha value is -3.68. The Morgan fingerprint density at radius 1 is 1.21 bits per heavy atom. The largest absolute Gasteiger partial charge is 0.497 e. The van der Waals surface area contributed by atoms with Gasteiger partial charge < -0.3 is 9.72 Å². The lowest BCUT2D eigenvalue weighted by Gasteiger charge is -2.08. The van der Waals surface area contributed by atoms with E-state index in [1.54, 1.807) is 24.0 Å². The van der Waals surface area contributed by atoms with Crippen LogP contribution in [0.1, 0.15) is 29.4 Å². The van der Waals surface area contributed by atoms with Gasteiger partial charge >= 0.3 is 5.69 Å². The molecule has 140 valence electrons. The number of hydrogen-bond acceptors (Lipinski definition) is 5. The van der Waals surface area contributed by atoms with E-state index in [0.29, 0.717) is 17.2 Å². The first kappa shape index (κ1) is 16.5. The van der Waals surface area contributed by atoms with Crippen LogP contribution in [0.2, 0.25) is 0 Å². The summed E-state index contributed by atoms with van der Waals surface area (Å²) in [7, 11) is 1.66. The molecule has 0 spiro atoms. The van der Waals surface area contributed by atoms with Crippen LogP contribution in [0.3, 0.4) is 0 Å². The van der Waals surface area contributed by atoms with Crippen LogP contribution < -0.4 is 16.0 Å². The van der Waals surface area contributed by atoms with Gasteiger partial charge in [0.05, 0.1) is 18.4 Å². The van der Waals surface area contributed by atoms with Crippen LogP contribution in [0.4, 0.5) is 0 Å². The van der Waals surface area contributed by atoms with Gasteiger partial charge in [0.25, 0.3) is 5.56 Å². The first-order valence-electron chi connectivity index (χ1n) is 8.94. The second kappa shape index (κ2) is 6.19. The maximum Gasteiger partial charge on any atom is 0.325 e. The predicted molar refractivity (Wildman–Crippen MR) is 103 cm³/mol. The monoisotopic (exact) mass is 375 g/mol. The zero-order valence-corrected chi connectivity index (χ0v) is 15.0. The highest BCUT2D eigenvalue weighted by Gasteiger charge is 2.41. The molecule has 4 aromatic rings. The summed E-state index contributed by atoms with van der Waals surface area (Å²) in [5.74, 6) is 1.48. The second-order valence-electron chi connectivity index (χ2n) is 6.89. The van der Waals surface area contributed by atoms with Crippen molar-refractivity contribution in [3.8, 4) is 17.0 Å². The Kier molecular flexibility index (Phi) is 3.65. The van der Waals surface area contributed by atoms with Crippen LogP contribution >= 0.6 is 0 Å². The van der Waals surface area contributed by atoms with Crippen molar-refractivity contribution in [1.82, 2.24) is 24.6 Å². The Balaban J connectivity index is 1.59. The number of fused-ring (bicyclic) bond motifs is 1. The first-order valence-corrected chi connectivity index (χ1v) is 8.94. The molecular weight excluding hydrogens is 358 g/mol. The number of H-pyrrole nitrogens is 2. The molecule has 8 heteroatoms. The van der Waals surface area contributed by atoms with E-state index in [9.17, 15) is 9.59 Å². The van der Waals surface area contributed by atoms with Crippen molar-refractivity contribution < 1.29 is 4.74 Å². The highest BCUT2D eigenvalue weighted by molar-refractivity contribution is 5.63. The molecule has 1 aliphatic rings. The van der Waals surface area contributed by atoms with Crippen molar-refractivity contribution in [2.24, 2.45) is 0 Å². The molecule has 1 aliphatic carbocycles. The number of nitrogens with zero attached hydrogens (tertiary/aromatic N) is 3. The molecule has 1 aromatic carbocycles. The normalized spacial score (nSPS) is 18.3. The first-order chi connectivity index (χ1) is 13.6. The van der Waals surface area contributed by atoms with Crippen molar-refractivity contribution in [2.75, 3.05) is 7.11 Å². The molecule has 2 atom stereocenters. The summed E-state index contributed by atoms with van der Waals surface area (Å²) in [4.78, 5) is 32.7. The van der Waals surface area contributed by atoms with Crippen LogP contribution in [0.15, 0.2) is 58.5 Å². The lowest BCUT2D eigenvalue weighted by Crippen LogP contribution is -2.23. The number of benzene rings is 1. The molecule has 8 nitrogen and oxygen atoms in total. The molecule has 0 saturated heterocycles. The van der Waals surface area contributed by atoms with Gasteiger partial charge in [0.1, 0.15) is 5.75 Å². The van der Waals surface area contributed by atoms with E-state index >= 15 is 0 Å². The second-order valence-corrected chi connectivity index (χ2v) is 6.89. The molecule has 0 aliphatic heterocycles. The van der Waals surface area contributed by atoms with E-state index in [4.69, 9.17) is 4.74 Å². The minimum atomic E-state index is -0.544. The minimum absolute atomic E-state index is 0.278. The van der Waals surface area contributed by atoms with E-state index in [-0.39, 0.29) is 5.92 Å². The zero-order chi connectivity index (χ0) is 19.3. The number of imidazole rings is 1. The molecule has 3 heterocycles. The van der Waals surface area contributed by atoms with E-state index in [0.717, 1.165) is 23.4 Å². The standard InChI is InChI=1S/C20H17N5O3/c1-28-12-4-2-3-11(7-12)13-8-14(13)15-9-17(24-25-6-5-21-18(15)25)16-10-22-20(27)23-19(16)26/h2-7,9-10,13-14H,8H2,1H3,(H2,22,23,26,27)/t13-,14+/m0/s1. The van der Waals surface area contributed by atoms with Gasteiger partial charge in [0.2, 0.25) is 0 Å². The van der Waals surface area contributed by atoms with Gasteiger partial charge in [0, 0.05) is 24.2 Å². The zero-order valence-electron chi connectivity index (χ0n) is 15.0. The van der Waals surface area contributed by atoms with Crippen LogP contribution in [0.25, 0.3) is 16.9 Å². The number of methoxy groups -OCH3 is 1. The van der Waals surface area contributed by atoms with Crippen LogP contribution in [-0.2, 0) is 0 Å². The number of hydrogen-bond donors (Lipinski definition) is 2. The topological polar surface area (TPSA) is 105 Å². The number of aromatic nitrogens is 5. The smallest absolute Gasteiger partial charge is 0.325 e. The average Bonchev–Trinajstić information content (AvgIpc) is 3.36. The average molecular weight is 375 g/mol. The van der Waals surface area contributed by atoms with Crippen molar-refractivity contribution in [2.45, 2.75) is 18.3 Å². The quantitative estimate of drug-likeness (QED) is 0.568. The molecule has 2 N–H and O–H groups in total. The fourth-order valence-electron chi connectivity index (χ4n) is 3.72. The summed E-state index contributed by atoms with van der Waals surface area (Å²) in [6.07, 6.45) is 5.82. The lowest BCUT2D eigenvalue weighted by atomic mass is 10.0. The van der Waals surface area contributed by atoms with Gasteiger partial charge in [-0.3, -0.25) is 9.78 Å². The fourth-order valence-corrected chi connectivity index (χ4v) is 3.72. The van der Waals surface area contributed by atoms with Gasteiger partial charge in [-0.05, 0) is 42.0 Å². The maximum atomic E-state index is 12.2. The van der Waals surface area contributed by atoms with Crippen molar-refractivity contribution in [1.29, 1.82) is 0 Å². The van der Waals surface area contributed by atoms with Gasteiger partial charge in [-0.2, -0.15) is 5.10 Å². The summed E-state index contributed by atoms with van der Waals surface area (Å²) in [6.45, 7) is 0. The molecule has 0 unspecified atom stereocenters. The molecule has 0 radical (unpaired) electrons. The third-order valence-electron chi connectivity index (χ3n) is 5.19. The number of aromatic amines is 2. The third-order valence-corrected chi connectivity index (χ3v) is 5.19. The Morgan fingerprint density at radius 2 is 2.11 bits per heavy atom. The Bertz CT molecular complexity index is 1300. The molecule has 1 fully saturated rings. The van der Waals surface area contributed by atoms with Gasteiger partial charge in [-0.15, -0.1) is 0 Å².